The number of amides is 1. The summed E-state index contributed by atoms with van der Waals surface area (Å²) < 4.78 is 16.6. The third kappa shape index (κ3) is 6.33. The van der Waals surface area contributed by atoms with E-state index < -0.39 is 0 Å². The first-order valence-corrected chi connectivity index (χ1v) is 15.8. The fraction of sp³-hybridized carbons (Fsp3) is 0.471. The maximum Gasteiger partial charge on any atom is 0.410 e. The number of hydrazine groups is 1. The number of benzene rings is 2. The molecule has 1 amide bonds. The van der Waals surface area contributed by atoms with Gasteiger partial charge in [0.05, 0.1) is 19.8 Å². The minimum Gasteiger partial charge on any atom is -0.461 e. The van der Waals surface area contributed by atoms with Gasteiger partial charge in [-0.25, -0.2) is 20.0 Å². The van der Waals surface area contributed by atoms with E-state index in [-0.39, 0.29) is 42.8 Å². The largest absolute Gasteiger partial charge is 0.461 e. The molecule has 0 bridgehead atoms. The Bertz CT molecular complexity index is 1390. The lowest BCUT2D eigenvalue weighted by molar-refractivity contribution is -0.139. The van der Waals surface area contributed by atoms with Crippen LogP contribution >= 0.6 is 0 Å². The Morgan fingerprint density at radius 3 is 2.45 bits per heavy atom. The molecule has 3 saturated heterocycles. The molecule has 10 heteroatoms. The van der Waals surface area contributed by atoms with Crippen LogP contribution in [0.3, 0.4) is 0 Å². The van der Waals surface area contributed by atoms with E-state index in [2.05, 4.69) is 58.8 Å². The number of allylic oxidation sites excluding steroid dienone is 2. The van der Waals surface area contributed by atoms with Gasteiger partial charge in [-0.2, -0.15) is 0 Å². The van der Waals surface area contributed by atoms with Crippen molar-refractivity contribution in [2.75, 3.05) is 50.9 Å². The van der Waals surface area contributed by atoms with E-state index in [0.29, 0.717) is 25.4 Å². The molecule has 4 heterocycles. The second kappa shape index (κ2) is 13.4. The van der Waals surface area contributed by atoms with Gasteiger partial charge in [0.15, 0.2) is 0 Å². The first kappa shape index (κ1) is 30.2. The number of nitrogens with one attached hydrogen (secondary N) is 2. The van der Waals surface area contributed by atoms with Crippen molar-refractivity contribution in [3.63, 3.8) is 0 Å². The van der Waals surface area contributed by atoms with E-state index in [9.17, 15) is 9.59 Å². The Morgan fingerprint density at radius 1 is 1.00 bits per heavy atom. The smallest absolute Gasteiger partial charge is 0.410 e. The highest BCUT2D eigenvalue weighted by Gasteiger charge is 2.47. The Balaban J connectivity index is 1.26. The first-order chi connectivity index (χ1) is 21.4. The summed E-state index contributed by atoms with van der Waals surface area (Å²) in [5.41, 5.74) is 9.60. The van der Waals surface area contributed by atoms with Gasteiger partial charge in [0.1, 0.15) is 18.5 Å². The minimum absolute atomic E-state index is 0.0296. The number of hydrogen-bond acceptors (Lipinski definition) is 9. The second-order valence-corrected chi connectivity index (χ2v) is 12.0. The highest BCUT2D eigenvalue weighted by atomic mass is 16.6. The molecule has 0 saturated carbocycles. The lowest BCUT2D eigenvalue weighted by Crippen LogP contribution is -2.54. The summed E-state index contributed by atoms with van der Waals surface area (Å²) in [6, 6.07) is 18.4. The molecule has 3 unspecified atom stereocenters. The average molecular weight is 602 g/mol. The molecule has 2 aromatic carbocycles. The summed E-state index contributed by atoms with van der Waals surface area (Å²) >= 11 is 0. The van der Waals surface area contributed by atoms with Gasteiger partial charge < -0.3 is 29.3 Å². The summed E-state index contributed by atoms with van der Waals surface area (Å²) in [4.78, 5) is 30.2. The number of likely N-dealkylation sites (tertiary alicyclic amines) is 1. The van der Waals surface area contributed by atoms with Crippen molar-refractivity contribution in [3.8, 4) is 0 Å². The molecular formula is C34H43N5O5. The quantitative estimate of drug-likeness (QED) is 0.437. The topological polar surface area (TPSA) is 95.6 Å². The van der Waals surface area contributed by atoms with E-state index >= 15 is 0 Å². The van der Waals surface area contributed by atoms with Crippen LogP contribution in [0.5, 0.6) is 0 Å². The molecule has 0 radical (unpaired) electrons. The van der Waals surface area contributed by atoms with Crippen molar-refractivity contribution in [2.45, 2.75) is 52.0 Å². The monoisotopic (exact) mass is 601 g/mol. The lowest BCUT2D eigenvalue weighted by Gasteiger charge is -2.34. The third-order valence-corrected chi connectivity index (χ3v) is 8.82. The van der Waals surface area contributed by atoms with Crippen LogP contribution in [0, 0.1) is 5.92 Å². The Labute approximate surface area is 259 Å². The van der Waals surface area contributed by atoms with Gasteiger partial charge in [0.2, 0.25) is 0 Å². The standard InChI is InChI=1S/C34H43N5O5/c1-4-43-33(40)29-20-28(25-10-12-26(13-11-25)37-16-18-42-19-17-37)30-31(23(2)3)36-39(32(30)35-29)27-14-15-38(21-27)34(41)44-22-24-8-6-5-7-9-24/h5-13,20,23,27,31-32,35-36H,4,14-19,21-22H2,1-3H3. The number of morpholine rings is 1. The molecule has 0 spiro atoms. The summed E-state index contributed by atoms with van der Waals surface area (Å²) in [6.07, 6.45) is 2.14. The highest BCUT2D eigenvalue weighted by molar-refractivity contribution is 5.94. The van der Waals surface area contributed by atoms with E-state index in [1.165, 1.54) is 11.3 Å². The van der Waals surface area contributed by atoms with E-state index in [1.807, 2.05) is 43.3 Å². The normalized spacial score (nSPS) is 23.8. The van der Waals surface area contributed by atoms with Crippen LogP contribution in [-0.2, 0) is 25.6 Å². The van der Waals surface area contributed by atoms with Gasteiger partial charge in [-0.1, -0.05) is 56.3 Å². The van der Waals surface area contributed by atoms with Crippen LogP contribution in [-0.4, -0.2) is 86.2 Å². The first-order valence-electron chi connectivity index (χ1n) is 15.8. The van der Waals surface area contributed by atoms with Crippen LogP contribution in [0.1, 0.15) is 38.3 Å². The number of fused-ring (bicyclic) bond motifs is 1. The highest BCUT2D eigenvalue weighted by Crippen LogP contribution is 2.39. The second-order valence-electron chi connectivity index (χ2n) is 12.0. The van der Waals surface area contributed by atoms with Crippen LogP contribution in [0.4, 0.5) is 10.5 Å². The van der Waals surface area contributed by atoms with Crippen molar-refractivity contribution in [2.24, 2.45) is 5.92 Å². The summed E-state index contributed by atoms with van der Waals surface area (Å²) in [5, 5.41) is 5.71. The maximum absolute atomic E-state index is 13.1. The summed E-state index contributed by atoms with van der Waals surface area (Å²) in [6.45, 7) is 11.1. The third-order valence-electron chi connectivity index (χ3n) is 8.82. The fourth-order valence-electron chi connectivity index (χ4n) is 6.52. The van der Waals surface area contributed by atoms with Crippen molar-refractivity contribution < 1.29 is 23.8 Å². The Kier molecular flexibility index (Phi) is 9.20. The zero-order chi connectivity index (χ0) is 30.6. The van der Waals surface area contributed by atoms with E-state index in [4.69, 9.17) is 14.2 Å². The molecule has 4 aliphatic rings. The molecule has 44 heavy (non-hydrogen) atoms. The van der Waals surface area contributed by atoms with Gasteiger partial charge in [-0.05, 0) is 59.7 Å². The molecule has 4 aliphatic heterocycles. The van der Waals surface area contributed by atoms with Crippen LogP contribution in [0.15, 0.2) is 71.9 Å². The van der Waals surface area contributed by atoms with Gasteiger partial charge in [0, 0.05) is 44.0 Å². The van der Waals surface area contributed by atoms with Crippen molar-refractivity contribution in [1.29, 1.82) is 0 Å². The molecule has 10 nitrogen and oxygen atoms in total. The zero-order valence-corrected chi connectivity index (χ0v) is 25.8. The molecule has 2 N–H and O–H groups in total. The van der Waals surface area contributed by atoms with Gasteiger partial charge in [0.25, 0.3) is 0 Å². The maximum atomic E-state index is 13.1. The van der Waals surface area contributed by atoms with Gasteiger partial charge in [-0.15, -0.1) is 0 Å². The van der Waals surface area contributed by atoms with Crippen LogP contribution in [0.25, 0.3) is 5.57 Å². The van der Waals surface area contributed by atoms with Crippen LogP contribution < -0.4 is 15.6 Å². The molecular weight excluding hydrogens is 558 g/mol. The molecule has 6 rings (SSSR count). The Morgan fingerprint density at radius 2 is 1.75 bits per heavy atom. The lowest BCUT2D eigenvalue weighted by atomic mass is 9.86. The van der Waals surface area contributed by atoms with Gasteiger partial charge in [-0.3, -0.25) is 0 Å². The minimum atomic E-state index is -0.375. The number of carbonyl (C=O) groups excluding carboxylic acids is 2. The Hall–Kier alpha value is -3.86. The van der Waals surface area contributed by atoms with Gasteiger partial charge >= 0.3 is 12.1 Å². The molecule has 3 fully saturated rings. The number of ether oxygens (including phenoxy) is 3. The predicted octanol–water partition coefficient (Wildman–Crippen LogP) is 3.91. The van der Waals surface area contributed by atoms with Crippen molar-refractivity contribution in [1.82, 2.24) is 20.7 Å². The van der Waals surface area contributed by atoms with Crippen LogP contribution in [0.2, 0.25) is 0 Å². The number of nitrogens with zero attached hydrogens (tertiary/aromatic N) is 3. The molecule has 0 aliphatic carbocycles. The number of hydrogen-bond donors (Lipinski definition) is 2. The number of carbonyl (C=O) groups is 2. The fourth-order valence-corrected chi connectivity index (χ4v) is 6.52. The van der Waals surface area contributed by atoms with E-state index in [0.717, 1.165) is 49.4 Å². The number of dihydropyridines is 1. The summed E-state index contributed by atoms with van der Waals surface area (Å²) in [7, 11) is 0. The molecule has 3 atom stereocenters. The molecule has 2 aromatic rings. The number of esters is 1. The van der Waals surface area contributed by atoms with Crippen molar-refractivity contribution >= 4 is 23.3 Å². The summed E-state index contributed by atoms with van der Waals surface area (Å²) in [5.74, 6) is -0.0905. The molecule has 0 aromatic heterocycles. The number of anilines is 1. The zero-order valence-electron chi connectivity index (χ0n) is 25.8. The number of rotatable bonds is 8. The van der Waals surface area contributed by atoms with Crippen molar-refractivity contribution in [3.05, 3.63) is 83.1 Å². The SMILES string of the molecule is CCOC(=O)C1=CC(c2ccc(N3CCOCC3)cc2)=C2C(C(C)C)NN(C3CCN(C(=O)OCc4ccccc4)C3)C2N1. The predicted molar refractivity (Wildman–Crippen MR) is 168 cm³/mol. The van der Waals surface area contributed by atoms with E-state index in [1.54, 1.807) is 4.90 Å². The molecule has 234 valence electrons. The average Bonchev–Trinajstić information content (AvgIpc) is 3.70.